The highest BCUT2D eigenvalue weighted by molar-refractivity contribution is 5.76. The molecule has 4 aromatic heterocycles. The fraction of sp³-hybridized carbons (Fsp3) is 0.333. The van der Waals surface area contributed by atoms with E-state index < -0.39 is 0 Å². The first kappa shape index (κ1) is 19.2. The smallest absolute Gasteiger partial charge is 0.410 e. The lowest BCUT2D eigenvalue weighted by Crippen LogP contribution is -2.48. The molecule has 4 aromatic rings. The summed E-state index contributed by atoms with van der Waals surface area (Å²) in [4.78, 5) is 20.4. The molecular weight excluding hydrogens is 398 g/mol. The molecule has 10 nitrogen and oxygen atoms in total. The van der Waals surface area contributed by atoms with Gasteiger partial charge in [-0.3, -0.25) is 4.68 Å². The highest BCUT2D eigenvalue weighted by atomic mass is 16.6. The first-order chi connectivity index (χ1) is 15.1. The summed E-state index contributed by atoms with van der Waals surface area (Å²) in [6.07, 6.45) is 8.96. The molecule has 1 aliphatic rings. The molecule has 160 valence electrons. The van der Waals surface area contributed by atoms with E-state index in [-0.39, 0.29) is 12.7 Å². The zero-order chi connectivity index (χ0) is 21.4. The third kappa shape index (κ3) is 3.83. The fourth-order valence-electron chi connectivity index (χ4n) is 3.77. The number of amides is 1. The molecule has 1 amide bonds. The molecule has 5 rings (SSSR count). The normalized spacial score (nSPS) is 14.4. The molecule has 0 bridgehead atoms. The van der Waals surface area contributed by atoms with Crippen molar-refractivity contribution >= 4 is 17.3 Å². The number of anilines is 1. The van der Waals surface area contributed by atoms with E-state index in [1.807, 2.05) is 36.4 Å². The maximum atomic E-state index is 12.4. The van der Waals surface area contributed by atoms with Gasteiger partial charge in [-0.2, -0.15) is 10.2 Å². The van der Waals surface area contributed by atoms with Crippen LogP contribution in [0.4, 0.5) is 10.5 Å². The van der Waals surface area contributed by atoms with Crippen LogP contribution >= 0.6 is 0 Å². The number of hydrogen-bond donors (Lipinski definition) is 0. The van der Waals surface area contributed by atoms with Crippen molar-refractivity contribution in [3.05, 3.63) is 54.8 Å². The lowest BCUT2D eigenvalue weighted by Gasteiger charge is -2.34. The van der Waals surface area contributed by atoms with Crippen LogP contribution in [0, 0.1) is 6.92 Å². The minimum atomic E-state index is -0.350. The van der Waals surface area contributed by atoms with Crippen LogP contribution in [-0.2, 0) is 18.4 Å². The SMILES string of the molecule is Cc1cnc(COC(=O)N2CCN(c3cnn4cc(-c5cnn(C)c5)ccc34)CC2)o1. The molecule has 10 heteroatoms. The average molecular weight is 421 g/mol. The molecule has 0 aliphatic carbocycles. The Bertz CT molecular complexity index is 1220. The van der Waals surface area contributed by atoms with Crippen LogP contribution in [0.15, 0.2) is 47.5 Å². The van der Waals surface area contributed by atoms with E-state index in [4.69, 9.17) is 9.15 Å². The molecule has 1 fully saturated rings. The molecule has 1 aliphatic heterocycles. The van der Waals surface area contributed by atoms with E-state index in [9.17, 15) is 4.79 Å². The van der Waals surface area contributed by atoms with E-state index in [2.05, 4.69) is 32.2 Å². The highest BCUT2D eigenvalue weighted by Crippen LogP contribution is 2.26. The van der Waals surface area contributed by atoms with Crippen LogP contribution in [0.5, 0.6) is 0 Å². The Morgan fingerprint density at radius 3 is 2.61 bits per heavy atom. The van der Waals surface area contributed by atoms with Crippen LogP contribution < -0.4 is 4.90 Å². The molecule has 1 saturated heterocycles. The molecular formula is C21H23N7O3. The predicted molar refractivity (Wildman–Crippen MR) is 113 cm³/mol. The van der Waals surface area contributed by atoms with Crippen molar-refractivity contribution in [2.45, 2.75) is 13.5 Å². The van der Waals surface area contributed by atoms with Gasteiger partial charge in [0.2, 0.25) is 5.89 Å². The quantitative estimate of drug-likeness (QED) is 0.500. The largest absolute Gasteiger partial charge is 0.442 e. The van der Waals surface area contributed by atoms with Gasteiger partial charge in [-0.1, -0.05) is 6.07 Å². The summed E-state index contributed by atoms with van der Waals surface area (Å²) >= 11 is 0. The van der Waals surface area contributed by atoms with Gasteiger partial charge in [0.05, 0.1) is 29.8 Å². The number of rotatable bonds is 4. The first-order valence-corrected chi connectivity index (χ1v) is 10.1. The standard InChI is InChI=1S/C21H23N7O3/c1-15-9-22-20(31-15)14-30-21(29)27-7-5-26(6-8-27)19-11-24-28-13-16(3-4-18(19)28)17-10-23-25(2)12-17/h3-4,9-13H,5-8,14H2,1-2H3. The number of aromatic nitrogens is 5. The van der Waals surface area contributed by atoms with E-state index >= 15 is 0 Å². The van der Waals surface area contributed by atoms with E-state index in [1.165, 1.54) is 0 Å². The van der Waals surface area contributed by atoms with Gasteiger partial charge in [0.15, 0.2) is 6.61 Å². The number of aryl methyl sites for hydroxylation is 2. The van der Waals surface area contributed by atoms with Crippen molar-refractivity contribution in [3.8, 4) is 11.1 Å². The van der Waals surface area contributed by atoms with Gasteiger partial charge in [-0.15, -0.1) is 0 Å². The lowest BCUT2D eigenvalue weighted by atomic mass is 10.1. The van der Waals surface area contributed by atoms with Crippen molar-refractivity contribution < 1.29 is 13.9 Å². The maximum absolute atomic E-state index is 12.4. The number of pyridine rings is 1. The average Bonchev–Trinajstić information content (AvgIpc) is 3.51. The second kappa shape index (κ2) is 7.78. The minimum absolute atomic E-state index is 0.0419. The molecule has 5 heterocycles. The second-order valence-corrected chi connectivity index (χ2v) is 7.57. The van der Waals surface area contributed by atoms with Gasteiger partial charge in [0.25, 0.3) is 0 Å². The molecule has 0 spiro atoms. The number of fused-ring (bicyclic) bond motifs is 1. The van der Waals surface area contributed by atoms with Crippen molar-refractivity contribution in [2.75, 3.05) is 31.1 Å². The van der Waals surface area contributed by atoms with E-state index in [0.29, 0.717) is 37.8 Å². The first-order valence-electron chi connectivity index (χ1n) is 10.1. The van der Waals surface area contributed by atoms with Gasteiger partial charge in [0.1, 0.15) is 5.76 Å². The topological polar surface area (TPSA) is 93.9 Å². The van der Waals surface area contributed by atoms with Crippen LogP contribution in [0.3, 0.4) is 0 Å². The molecule has 0 saturated carbocycles. The van der Waals surface area contributed by atoms with Crippen LogP contribution in [0.25, 0.3) is 16.6 Å². The molecule has 0 N–H and O–H groups in total. The molecule has 0 radical (unpaired) electrons. The summed E-state index contributed by atoms with van der Waals surface area (Å²) in [6, 6.07) is 4.15. The number of oxazole rings is 1. The Morgan fingerprint density at radius 2 is 1.90 bits per heavy atom. The Balaban J connectivity index is 1.22. The highest BCUT2D eigenvalue weighted by Gasteiger charge is 2.24. The zero-order valence-electron chi connectivity index (χ0n) is 17.4. The minimum Gasteiger partial charge on any atom is -0.442 e. The van der Waals surface area contributed by atoms with Crippen LogP contribution in [0.1, 0.15) is 11.7 Å². The van der Waals surface area contributed by atoms with Gasteiger partial charge in [-0.05, 0) is 13.0 Å². The lowest BCUT2D eigenvalue weighted by molar-refractivity contribution is 0.0863. The third-order valence-corrected chi connectivity index (χ3v) is 5.40. The Morgan fingerprint density at radius 1 is 1.06 bits per heavy atom. The second-order valence-electron chi connectivity index (χ2n) is 7.57. The Labute approximate surface area is 178 Å². The summed E-state index contributed by atoms with van der Waals surface area (Å²) in [6.45, 7) is 4.42. The van der Waals surface area contributed by atoms with E-state index in [0.717, 1.165) is 22.3 Å². The van der Waals surface area contributed by atoms with Gasteiger partial charge >= 0.3 is 6.09 Å². The molecule has 0 unspecified atom stereocenters. The molecule has 0 aromatic carbocycles. The zero-order valence-corrected chi connectivity index (χ0v) is 17.4. The van der Waals surface area contributed by atoms with Crippen molar-refractivity contribution in [3.63, 3.8) is 0 Å². The van der Waals surface area contributed by atoms with Crippen molar-refractivity contribution in [2.24, 2.45) is 7.05 Å². The summed E-state index contributed by atoms with van der Waals surface area (Å²) in [5, 5.41) is 8.76. The number of hydrogen-bond acceptors (Lipinski definition) is 7. The predicted octanol–water partition coefficient (Wildman–Crippen LogP) is 2.49. The van der Waals surface area contributed by atoms with Crippen LogP contribution in [-0.4, -0.2) is 61.6 Å². The fourth-order valence-corrected chi connectivity index (χ4v) is 3.77. The summed E-state index contributed by atoms with van der Waals surface area (Å²) in [7, 11) is 1.90. The van der Waals surface area contributed by atoms with Gasteiger partial charge in [-0.25, -0.2) is 14.3 Å². The summed E-state index contributed by atoms with van der Waals surface area (Å²) in [5.41, 5.74) is 4.20. The van der Waals surface area contributed by atoms with E-state index in [1.54, 1.807) is 22.7 Å². The molecule has 31 heavy (non-hydrogen) atoms. The third-order valence-electron chi connectivity index (χ3n) is 5.40. The Kier molecular flexibility index (Phi) is 4.81. The summed E-state index contributed by atoms with van der Waals surface area (Å²) < 4.78 is 14.3. The Hall–Kier alpha value is -3.82. The van der Waals surface area contributed by atoms with Gasteiger partial charge < -0.3 is 19.0 Å². The number of ether oxygens (including phenoxy) is 1. The number of piperazine rings is 1. The number of nitrogens with zero attached hydrogens (tertiary/aromatic N) is 7. The number of carbonyl (C=O) groups excluding carboxylic acids is 1. The number of carbonyl (C=O) groups is 1. The molecule has 0 atom stereocenters. The van der Waals surface area contributed by atoms with Crippen molar-refractivity contribution in [1.29, 1.82) is 0 Å². The monoisotopic (exact) mass is 421 g/mol. The maximum Gasteiger partial charge on any atom is 0.410 e. The van der Waals surface area contributed by atoms with Crippen LogP contribution in [0.2, 0.25) is 0 Å². The van der Waals surface area contributed by atoms with Crippen molar-refractivity contribution in [1.82, 2.24) is 29.3 Å². The summed E-state index contributed by atoms with van der Waals surface area (Å²) in [5.74, 6) is 1.10. The van der Waals surface area contributed by atoms with Gasteiger partial charge in [0, 0.05) is 56.7 Å².